The fourth-order valence-corrected chi connectivity index (χ4v) is 7.35. The van der Waals surface area contributed by atoms with Crippen LogP contribution in [-0.4, -0.2) is 70.1 Å². The molecular formula is C32H39N5O6S. The van der Waals surface area contributed by atoms with Crippen LogP contribution in [0, 0.1) is 19.3 Å². The molecule has 0 aliphatic carbocycles. The highest BCUT2D eigenvalue weighted by Gasteiger charge is 2.40. The molecule has 1 atom stereocenters. The van der Waals surface area contributed by atoms with E-state index in [2.05, 4.69) is 15.3 Å². The number of hydrogen-bond acceptors (Lipinski definition) is 8. The molecule has 0 saturated heterocycles. The molecule has 0 fully saturated rings. The molecule has 11 nitrogen and oxygen atoms in total. The molecule has 1 N–H and O–H groups in total. The number of aliphatic carboxylic acids is 1. The zero-order chi connectivity index (χ0) is 31.6. The van der Waals surface area contributed by atoms with E-state index in [1.807, 2.05) is 55.8 Å². The van der Waals surface area contributed by atoms with Crippen molar-refractivity contribution in [2.75, 3.05) is 26.4 Å². The van der Waals surface area contributed by atoms with Gasteiger partial charge in [0.15, 0.2) is 0 Å². The van der Waals surface area contributed by atoms with Crippen LogP contribution in [0.4, 0.5) is 0 Å². The first-order valence-corrected chi connectivity index (χ1v) is 16.2. The third kappa shape index (κ3) is 5.93. The number of aryl methyl sites for hydroxylation is 3. The van der Waals surface area contributed by atoms with Crippen molar-refractivity contribution in [1.29, 1.82) is 0 Å². The molecule has 0 saturated carbocycles. The Morgan fingerprint density at radius 1 is 1.11 bits per heavy atom. The van der Waals surface area contributed by atoms with Crippen molar-refractivity contribution >= 4 is 27.0 Å². The van der Waals surface area contributed by atoms with Crippen LogP contribution in [0.5, 0.6) is 5.88 Å². The summed E-state index contributed by atoms with van der Waals surface area (Å²) in [7, 11) is -3.99. The van der Waals surface area contributed by atoms with Crippen molar-refractivity contribution in [3.63, 3.8) is 0 Å². The number of hydrogen-bond donors (Lipinski definition) is 1. The van der Waals surface area contributed by atoms with Crippen LogP contribution in [0.1, 0.15) is 60.9 Å². The number of carboxylic acids is 1. The molecule has 234 valence electrons. The minimum absolute atomic E-state index is 0.00430. The molecule has 0 spiro atoms. The zero-order valence-electron chi connectivity index (χ0n) is 25.8. The summed E-state index contributed by atoms with van der Waals surface area (Å²) in [6.07, 6.45) is 2.00. The van der Waals surface area contributed by atoms with E-state index in [0.717, 1.165) is 38.9 Å². The maximum atomic E-state index is 14.0. The number of carbonyl (C=O) groups is 1. The van der Waals surface area contributed by atoms with Gasteiger partial charge < -0.3 is 14.6 Å². The van der Waals surface area contributed by atoms with E-state index in [9.17, 15) is 18.3 Å². The van der Waals surface area contributed by atoms with Gasteiger partial charge in [-0.25, -0.2) is 18.1 Å². The first-order chi connectivity index (χ1) is 21.0. The van der Waals surface area contributed by atoms with Gasteiger partial charge in [-0.1, -0.05) is 29.5 Å². The number of sulfonamides is 1. The van der Waals surface area contributed by atoms with E-state index in [4.69, 9.17) is 9.47 Å². The van der Waals surface area contributed by atoms with Gasteiger partial charge in [0.2, 0.25) is 15.9 Å². The smallest absolute Gasteiger partial charge is 0.310 e. The van der Waals surface area contributed by atoms with Crippen molar-refractivity contribution in [2.24, 2.45) is 5.41 Å². The number of ether oxygens (including phenoxy) is 2. The first-order valence-electron chi connectivity index (χ1n) is 14.8. The molecule has 2 aromatic heterocycles. The molecule has 2 aromatic carbocycles. The highest BCUT2D eigenvalue weighted by Crippen LogP contribution is 2.44. The maximum absolute atomic E-state index is 14.0. The molecule has 0 radical (unpaired) electrons. The van der Waals surface area contributed by atoms with E-state index < -0.39 is 27.3 Å². The summed E-state index contributed by atoms with van der Waals surface area (Å²) >= 11 is 0. The highest BCUT2D eigenvalue weighted by molar-refractivity contribution is 7.89. The van der Waals surface area contributed by atoms with Gasteiger partial charge in [0.05, 0.1) is 17.5 Å². The zero-order valence-corrected chi connectivity index (χ0v) is 26.6. The average molecular weight is 622 g/mol. The average Bonchev–Trinajstić information content (AvgIpc) is 3.41. The fourth-order valence-electron chi connectivity index (χ4n) is 5.82. The fraction of sp³-hybridized carbons (Fsp3) is 0.438. The van der Waals surface area contributed by atoms with Gasteiger partial charge in [0, 0.05) is 38.4 Å². The molecule has 0 amide bonds. The van der Waals surface area contributed by atoms with Gasteiger partial charge >= 0.3 is 5.97 Å². The maximum Gasteiger partial charge on any atom is 0.310 e. The van der Waals surface area contributed by atoms with E-state index in [1.165, 1.54) is 16.6 Å². The lowest BCUT2D eigenvalue weighted by molar-refractivity contribution is -0.147. The Morgan fingerprint density at radius 2 is 1.91 bits per heavy atom. The minimum atomic E-state index is -3.99. The van der Waals surface area contributed by atoms with Crippen molar-refractivity contribution in [1.82, 2.24) is 24.3 Å². The lowest BCUT2D eigenvalue weighted by atomic mass is 9.69. The van der Waals surface area contributed by atoms with Crippen LogP contribution in [0.2, 0.25) is 0 Å². The summed E-state index contributed by atoms with van der Waals surface area (Å²) < 4.78 is 42.6. The van der Waals surface area contributed by atoms with E-state index >= 15 is 0 Å². The summed E-state index contributed by atoms with van der Waals surface area (Å²) in [6, 6.07) is 12.8. The van der Waals surface area contributed by atoms with Gasteiger partial charge in [0.1, 0.15) is 17.0 Å². The minimum Gasteiger partial charge on any atom is -0.481 e. The summed E-state index contributed by atoms with van der Waals surface area (Å²) in [4.78, 5) is 16.9. The van der Waals surface area contributed by atoms with Crippen LogP contribution in [0.25, 0.3) is 11.0 Å². The molecule has 5 rings (SSSR count). The SMILES string of the molecule is CCn1nnc2c(C)c([C@@H](c3ccc(C)c(CN4CCCOCCOc5ncccc5S4(=O)=O)c3)C(C)(C)C(=O)O)ccc21. The van der Waals surface area contributed by atoms with Crippen molar-refractivity contribution in [3.05, 3.63) is 76.5 Å². The lowest BCUT2D eigenvalue weighted by Crippen LogP contribution is -2.34. The number of nitrogens with zero attached hydrogens (tertiary/aromatic N) is 5. The largest absolute Gasteiger partial charge is 0.481 e. The molecule has 12 heteroatoms. The molecule has 44 heavy (non-hydrogen) atoms. The monoisotopic (exact) mass is 621 g/mol. The first kappa shape index (κ1) is 31.6. The standard InChI is InChI=1S/C32H39N5O6S/c1-6-37-26-13-12-25(22(3)29(26)34-35-37)28(32(4,5)31(38)39)23-11-10-21(2)24(19-23)20-36-15-8-16-42-17-18-43-30-27(44(36,40)41)9-7-14-33-30/h7,9-14,19,28H,6,8,15-18,20H2,1-5H3,(H,38,39)/t28-/m1/s1. The third-order valence-electron chi connectivity index (χ3n) is 8.44. The van der Waals surface area contributed by atoms with Crippen LogP contribution < -0.4 is 4.74 Å². The van der Waals surface area contributed by atoms with Crippen LogP contribution in [0.15, 0.2) is 53.6 Å². The van der Waals surface area contributed by atoms with Gasteiger partial charge in [-0.2, -0.15) is 4.31 Å². The molecular weight excluding hydrogens is 582 g/mol. The summed E-state index contributed by atoms with van der Waals surface area (Å²) in [5.74, 6) is -1.45. The Hall–Kier alpha value is -3.87. The predicted molar refractivity (Wildman–Crippen MR) is 165 cm³/mol. The van der Waals surface area contributed by atoms with Gasteiger partial charge in [-0.3, -0.25) is 4.79 Å². The normalized spacial score (nSPS) is 16.9. The number of aromatic nitrogens is 4. The quantitative estimate of drug-likeness (QED) is 0.311. The third-order valence-corrected chi connectivity index (χ3v) is 10.3. The van der Waals surface area contributed by atoms with Crippen LogP contribution in [-0.2, 0) is 32.6 Å². The Labute approximate surface area is 257 Å². The molecule has 1 aliphatic heterocycles. The molecule has 1 aliphatic rings. The van der Waals surface area contributed by atoms with Gasteiger partial charge in [-0.05, 0) is 87.1 Å². The second-order valence-corrected chi connectivity index (χ2v) is 13.6. The van der Waals surface area contributed by atoms with Crippen LogP contribution in [0.3, 0.4) is 0 Å². The summed E-state index contributed by atoms with van der Waals surface area (Å²) in [5, 5.41) is 19.1. The van der Waals surface area contributed by atoms with Gasteiger partial charge in [0.25, 0.3) is 0 Å². The van der Waals surface area contributed by atoms with Crippen molar-refractivity contribution in [3.8, 4) is 5.88 Å². The second kappa shape index (κ2) is 12.6. The Balaban J connectivity index is 1.60. The number of rotatable bonds is 7. The lowest BCUT2D eigenvalue weighted by Gasteiger charge is -2.33. The van der Waals surface area contributed by atoms with Crippen molar-refractivity contribution < 1.29 is 27.8 Å². The Morgan fingerprint density at radius 3 is 2.66 bits per heavy atom. The summed E-state index contributed by atoms with van der Waals surface area (Å²) in [6.45, 7) is 11.2. The number of fused-ring (bicyclic) bond motifs is 2. The Kier molecular flexibility index (Phi) is 9.05. The van der Waals surface area contributed by atoms with E-state index in [0.29, 0.717) is 26.2 Å². The van der Waals surface area contributed by atoms with Crippen LogP contribution >= 0.6 is 0 Å². The van der Waals surface area contributed by atoms with E-state index in [1.54, 1.807) is 19.9 Å². The van der Waals surface area contributed by atoms with E-state index in [-0.39, 0.29) is 30.5 Å². The summed E-state index contributed by atoms with van der Waals surface area (Å²) in [5.41, 5.74) is 4.55. The molecule has 0 unspecified atom stereocenters. The second-order valence-electron chi connectivity index (χ2n) is 11.7. The highest BCUT2D eigenvalue weighted by atomic mass is 32.2. The van der Waals surface area contributed by atoms with Crippen molar-refractivity contribution in [2.45, 2.75) is 64.9 Å². The number of carboxylic acid groups (broad SMARTS) is 1. The molecule has 0 bridgehead atoms. The topological polar surface area (TPSA) is 137 Å². The predicted octanol–water partition coefficient (Wildman–Crippen LogP) is 4.70. The van der Waals surface area contributed by atoms with Gasteiger partial charge in [-0.15, -0.1) is 5.10 Å². The Bertz CT molecular complexity index is 1790. The molecule has 3 heterocycles. The molecule has 4 aromatic rings. The number of pyridine rings is 1. The number of benzene rings is 2.